The van der Waals surface area contributed by atoms with Crippen molar-refractivity contribution in [3.63, 3.8) is 0 Å². The van der Waals surface area contributed by atoms with Crippen molar-refractivity contribution in [2.24, 2.45) is 0 Å². The first kappa shape index (κ1) is 13.0. The molecule has 2 N–H and O–H groups in total. The van der Waals surface area contributed by atoms with E-state index in [4.69, 9.17) is 0 Å². The molecule has 0 aliphatic rings. The third-order valence-corrected chi connectivity index (χ3v) is 3.12. The third kappa shape index (κ3) is 3.24. The molecule has 1 rings (SSSR count). The Bertz CT molecular complexity index is 343. The zero-order valence-electron chi connectivity index (χ0n) is 11.1. The average Bonchev–Trinajstić information content (AvgIpc) is 2.27. The van der Waals surface area contributed by atoms with Crippen molar-refractivity contribution in [2.75, 3.05) is 18.9 Å². The van der Waals surface area contributed by atoms with Gasteiger partial charge in [-0.1, -0.05) is 25.1 Å². The number of para-hydroxylation sites is 1. The highest BCUT2D eigenvalue weighted by Gasteiger charge is 2.15. The number of benzene rings is 1. The van der Waals surface area contributed by atoms with E-state index in [9.17, 15) is 0 Å². The average molecular weight is 220 g/mol. The summed E-state index contributed by atoms with van der Waals surface area (Å²) < 4.78 is 0. The maximum Gasteiger partial charge on any atom is 0.0402 e. The van der Waals surface area contributed by atoms with E-state index in [1.54, 1.807) is 0 Å². The molecule has 0 aliphatic heterocycles. The molecule has 16 heavy (non-hydrogen) atoms. The molecule has 1 aromatic rings. The Labute approximate surface area is 99.5 Å². The quantitative estimate of drug-likeness (QED) is 0.797. The maximum atomic E-state index is 3.56. The van der Waals surface area contributed by atoms with Crippen LogP contribution in [0.15, 0.2) is 18.2 Å². The van der Waals surface area contributed by atoms with Gasteiger partial charge in [0.15, 0.2) is 0 Å². The standard InChI is InChI=1S/C14H24N2/c1-6-12-9-7-8-11(2)13(12)16-10-14(3,4)15-5/h7-9,15-16H,6,10H2,1-5H3. The van der Waals surface area contributed by atoms with Crippen LogP contribution in [0.25, 0.3) is 0 Å². The Kier molecular flexibility index (Phi) is 4.36. The molecule has 0 radical (unpaired) electrons. The Balaban J connectivity index is 2.80. The summed E-state index contributed by atoms with van der Waals surface area (Å²) in [5.74, 6) is 0. The Morgan fingerprint density at radius 3 is 2.50 bits per heavy atom. The second-order valence-electron chi connectivity index (χ2n) is 4.95. The van der Waals surface area contributed by atoms with Gasteiger partial charge >= 0.3 is 0 Å². The van der Waals surface area contributed by atoms with E-state index in [1.165, 1.54) is 16.8 Å². The van der Waals surface area contributed by atoms with Crippen molar-refractivity contribution < 1.29 is 0 Å². The fraction of sp³-hybridized carbons (Fsp3) is 0.571. The molecular formula is C14H24N2. The summed E-state index contributed by atoms with van der Waals surface area (Å²) in [6.07, 6.45) is 1.07. The number of likely N-dealkylation sites (N-methyl/N-ethyl adjacent to an activating group) is 1. The summed E-state index contributed by atoms with van der Waals surface area (Å²) in [4.78, 5) is 0. The fourth-order valence-electron chi connectivity index (χ4n) is 1.67. The number of rotatable bonds is 5. The second-order valence-corrected chi connectivity index (χ2v) is 4.95. The SMILES string of the molecule is CCc1cccc(C)c1NCC(C)(C)NC. The summed E-state index contributed by atoms with van der Waals surface area (Å²) in [5.41, 5.74) is 4.14. The number of nitrogens with one attached hydrogen (secondary N) is 2. The fourth-order valence-corrected chi connectivity index (χ4v) is 1.67. The van der Waals surface area contributed by atoms with Crippen molar-refractivity contribution >= 4 is 5.69 Å². The van der Waals surface area contributed by atoms with Crippen LogP contribution in [0.1, 0.15) is 31.9 Å². The number of hydrogen-bond acceptors (Lipinski definition) is 2. The van der Waals surface area contributed by atoms with Crippen LogP contribution in [0.4, 0.5) is 5.69 Å². The van der Waals surface area contributed by atoms with Crippen LogP contribution in [0.5, 0.6) is 0 Å². The molecule has 0 saturated carbocycles. The van der Waals surface area contributed by atoms with Crippen molar-refractivity contribution in [3.8, 4) is 0 Å². The minimum atomic E-state index is 0.118. The van der Waals surface area contributed by atoms with Crippen LogP contribution in [0.2, 0.25) is 0 Å². The summed E-state index contributed by atoms with van der Waals surface area (Å²) in [5, 5.41) is 6.87. The van der Waals surface area contributed by atoms with Crippen LogP contribution in [0.3, 0.4) is 0 Å². The number of hydrogen-bond donors (Lipinski definition) is 2. The summed E-state index contributed by atoms with van der Waals surface area (Å²) >= 11 is 0. The molecule has 0 fully saturated rings. The molecule has 2 nitrogen and oxygen atoms in total. The zero-order chi connectivity index (χ0) is 12.2. The van der Waals surface area contributed by atoms with E-state index < -0.39 is 0 Å². The van der Waals surface area contributed by atoms with Crippen molar-refractivity contribution in [3.05, 3.63) is 29.3 Å². The summed E-state index contributed by atoms with van der Waals surface area (Å²) in [7, 11) is 2.00. The minimum Gasteiger partial charge on any atom is -0.383 e. The zero-order valence-corrected chi connectivity index (χ0v) is 11.1. The Hall–Kier alpha value is -1.02. The lowest BCUT2D eigenvalue weighted by atomic mass is 10.0. The van der Waals surface area contributed by atoms with E-state index in [2.05, 4.69) is 56.5 Å². The van der Waals surface area contributed by atoms with E-state index in [0.29, 0.717) is 0 Å². The molecule has 0 aromatic heterocycles. The second kappa shape index (κ2) is 5.35. The van der Waals surface area contributed by atoms with Crippen LogP contribution >= 0.6 is 0 Å². The van der Waals surface area contributed by atoms with Crippen LogP contribution < -0.4 is 10.6 Å². The maximum absolute atomic E-state index is 3.56. The molecule has 0 saturated heterocycles. The summed E-state index contributed by atoms with van der Waals surface area (Å²) in [6, 6.07) is 6.48. The topological polar surface area (TPSA) is 24.1 Å². The van der Waals surface area contributed by atoms with Crippen LogP contribution in [-0.4, -0.2) is 19.1 Å². The highest BCUT2D eigenvalue weighted by Crippen LogP contribution is 2.21. The van der Waals surface area contributed by atoms with Crippen LogP contribution in [-0.2, 0) is 6.42 Å². The Morgan fingerprint density at radius 2 is 1.94 bits per heavy atom. The van der Waals surface area contributed by atoms with Gasteiger partial charge in [-0.05, 0) is 45.4 Å². The molecule has 0 bridgehead atoms. The molecule has 0 heterocycles. The van der Waals surface area contributed by atoms with Gasteiger partial charge in [-0.15, -0.1) is 0 Å². The predicted molar refractivity (Wildman–Crippen MR) is 72.2 cm³/mol. The van der Waals surface area contributed by atoms with Gasteiger partial charge in [0.05, 0.1) is 0 Å². The molecule has 90 valence electrons. The van der Waals surface area contributed by atoms with Gasteiger partial charge < -0.3 is 10.6 Å². The third-order valence-electron chi connectivity index (χ3n) is 3.12. The van der Waals surface area contributed by atoms with Gasteiger partial charge in [0, 0.05) is 17.8 Å². The molecule has 0 unspecified atom stereocenters. The number of anilines is 1. The predicted octanol–water partition coefficient (Wildman–Crippen LogP) is 2.97. The lowest BCUT2D eigenvalue weighted by Gasteiger charge is -2.26. The first-order valence-corrected chi connectivity index (χ1v) is 6.01. The highest BCUT2D eigenvalue weighted by molar-refractivity contribution is 5.57. The van der Waals surface area contributed by atoms with E-state index in [0.717, 1.165) is 13.0 Å². The molecule has 0 spiro atoms. The molecule has 0 amide bonds. The molecule has 2 heteroatoms. The molecule has 0 aliphatic carbocycles. The normalized spacial score (nSPS) is 11.6. The smallest absolute Gasteiger partial charge is 0.0402 e. The van der Waals surface area contributed by atoms with Gasteiger partial charge in [0.25, 0.3) is 0 Å². The van der Waals surface area contributed by atoms with Crippen molar-refractivity contribution in [1.82, 2.24) is 5.32 Å². The largest absolute Gasteiger partial charge is 0.383 e. The van der Waals surface area contributed by atoms with Gasteiger partial charge in [0.1, 0.15) is 0 Å². The van der Waals surface area contributed by atoms with E-state index in [-0.39, 0.29) is 5.54 Å². The minimum absolute atomic E-state index is 0.118. The van der Waals surface area contributed by atoms with Gasteiger partial charge in [-0.25, -0.2) is 0 Å². The molecule has 0 atom stereocenters. The van der Waals surface area contributed by atoms with Gasteiger partial charge in [0.2, 0.25) is 0 Å². The lowest BCUT2D eigenvalue weighted by molar-refractivity contribution is 0.448. The molecule has 1 aromatic carbocycles. The van der Waals surface area contributed by atoms with E-state index >= 15 is 0 Å². The van der Waals surface area contributed by atoms with Crippen molar-refractivity contribution in [2.45, 2.75) is 39.7 Å². The summed E-state index contributed by atoms with van der Waals surface area (Å²) in [6.45, 7) is 9.69. The first-order chi connectivity index (χ1) is 7.50. The lowest BCUT2D eigenvalue weighted by Crippen LogP contribution is -2.43. The van der Waals surface area contributed by atoms with Crippen molar-refractivity contribution in [1.29, 1.82) is 0 Å². The number of aryl methyl sites for hydroxylation is 2. The van der Waals surface area contributed by atoms with E-state index in [1.807, 2.05) is 7.05 Å². The first-order valence-electron chi connectivity index (χ1n) is 6.01. The van der Waals surface area contributed by atoms with Gasteiger partial charge in [-0.3, -0.25) is 0 Å². The van der Waals surface area contributed by atoms with Crippen LogP contribution in [0, 0.1) is 6.92 Å². The molecular weight excluding hydrogens is 196 g/mol. The Morgan fingerprint density at radius 1 is 1.25 bits per heavy atom. The van der Waals surface area contributed by atoms with Gasteiger partial charge in [-0.2, -0.15) is 0 Å². The highest BCUT2D eigenvalue weighted by atomic mass is 15.0. The monoisotopic (exact) mass is 220 g/mol.